The highest BCUT2D eigenvalue weighted by Gasteiger charge is 2.45. The van der Waals surface area contributed by atoms with Crippen molar-refractivity contribution >= 4 is 0 Å². The number of phenols is 1. The molecule has 0 spiro atoms. The van der Waals surface area contributed by atoms with Gasteiger partial charge in [-0.2, -0.15) is 0 Å². The normalized spacial score (nSPS) is 32.5. The second kappa shape index (κ2) is 5.42. The number of aryl methyl sites for hydroxylation is 1. The van der Waals surface area contributed by atoms with E-state index in [2.05, 4.69) is 19.9 Å². The van der Waals surface area contributed by atoms with Gasteiger partial charge in [-0.05, 0) is 59.8 Å². The molecular weight excluding hydrogens is 244 g/mol. The highest BCUT2D eigenvalue weighted by atomic mass is 16.3. The van der Waals surface area contributed by atoms with E-state index in [0.717, 1.165) is 18.3 Å². The number of phenolic OH excluding ortho intramolecular Hbond substituents is 1. The van der Waals surface area contributed by atoms with Gasteiger partial charge >= 0.3 is 0 Å². The van der Waals surface area contributed by atoms with Crippen molar-refractivity contribution in [2.75, 3.05) is 0 Å². The lowest BCUT2D eigenvalue weighted by molar-refractivity contribution is 0.0986. The van der Waals surface area contributed by atoms with Gasteiger partial charge in [0.1, 0.15) is 5.75 Å². The van der Waals surface area contributed by atoms with Crippen molar-refractivity contribution in [3.8, 4) is 5.75 Å². The maximum atomic E-state index is 9.74. The van der Waals surface area contributed by atoms with Crippen LogP contribution in [0.4, 0.5) is 0 Å². The molecule has 1 saturated carbocycles. The molecular formula is C19H28O. The van der Waals surface area contributed by atoms with E-state index in [-0.39, 0.29) is 0 Å². The van der Waals surface area contributed by atoms with Gasteiger partial charge in [-0.1, -0.05) is 52.0 Å². The summed E-state index contributed by atoms with van der Waals surface area (Å²) in [6.07, 6.45) is 10.8. The van der Waals surface area contributed by atoms with Crippen LogP contribution in [-0.4, -0.2) is 5.11 Å². The zero-order valence-corrected chi connectivity index (χ0v) is 13.0. The third-order valence-corrected chi connectivity index (χ3v) is 6.02. The van der Waals surface area contributed by atoms with Crippen LogP contribution in [0.5, 0.6) is 5.75 Å². The molecule has 2 aliphatic carbocycles. The largest absolute Gasteiger partial charge is 0.508 e. The molecule has 1 nitrogen and oxygen atoms in total. The van der Waals surface area contributed by atoms with Crippen molar-refractivity contribution in [3.05, 3.63) is 29.3 Å². The quantitative estimate of drug-likeness (QED) is 0.801. The molecule has 2 unspecified atom stereocenters. The Morgan fingerprint density at radius 2 is 2.15 bits per heavy atom. The summed E-state index contributed by atoms with van der Waals surface area (Å²) in [5, 5.41) is 9.74. The third-order valence-electron chi connectivity index (χ3n) is 6.02. The van der Waals surface area contributed by atoms with Gasteiger partial charge in [0.2, 0.25) is 0 Å². The van der Waals surface area contributed by atoms with Crippen molar-refractivity contribution in [1.29, 1.82) is 0 Å². The Balaban J connectivity index is 1.92. The zero-order chi connectivity index (χ0) is 14.2. The summed E-state index contributed by atoms with van der Waals surface area (Å²) < 4.78 is 0. The van der Waals surface area contributed by atoms with Crippen LogP contribution >= 0.6 is 0 Å². The van der Waals surface area contributed by atoms with E-state index < -0.39 is 0 Å². The van der Waals surface area contributed by atoms with E-state index in [1.54, 1.807) is 0 Å². The molecule has 0 radical (unpaired) electrons. The lowest BCUT2D eigenvalue weighted by Gasteiger charge is -2.50. The molecule has 0 bridgehead atoms. The third kappa shape index (κ3) is 2.25. The van der Waals surface area contributed by atoms with Gasteiger partial charge in [-0.3, -0.25) is 0 Å². The monoisotopic (exact) mass is 272 g/mol. The SMILES string of the molecule is CCCCC1CCCC2(C)c3ccc(O)cc3CC[C@H]12. The maximum Gasteiger partial charge on any atom is 0.115 e. The predicted molar refractivity (Wildman–Crippen MR) is 84.1 cm³/mol. The number of fused-ring (bicyclic) bond motifs is 3. The smallest absolute Gasteiger partial charge is 0.115 e. The highest BCUT2D eigenvalue weighted by Crippen LogP contribution is 2.53. The Morgan fingerprint density at radius 3 is 2.95 bits per heavy atom. The van der Waals surface area contributed by atoms with Crippen molar-refractivity contribution in [2.45, 2.75) is 70.6 Å². The van der Waals surface area contributed by atoms with Gasteiger partial charge in [0.25, 0.3) is 0 Å². The Bertz CT molecular complexity index is 479. The fraction of sp³-hybridized carbons (Fsp3) is 0.684. The molecule has 0 saturated heterocycles. The molecule has 1 aromatic carbocycles. The van der Waals surface area contributed by atoms with Crippen LogP contribution in [0, 0.1) is 11.8 Å². The maximum absolute atomic E-state index is 9.74. The van der Waals surface area contributed by atoms with Gasteiger partial charge in [-0.25, -0.2) is 0 Å². The van der Waals surface area contributed by atoms with Crippen molar-refractivity contribution in [1.82, 2.24) is 0 Å². The van der Waals surface area contributed by atoms with E-state index >= 15 is 0 Å². The molecule has 1 fully saturated rings. The van der Waals surface area contributed by atoms with Crippen LogP contribution < -0.4 is 0 Å². The molecule has 3 rings (SSSR count). The second-order valence-corrected chi connectivity index (χ2v) is 7.20. The van der Waals surface area contributed by atoms with Crippen molar-refractivity contribution in [3.63, 3.8) is 0 Å². The topological polar surface area (TPSA) is 20.2 Å². The number of aromatic hydroxyl groups is 1. The number of hydrogen-bond donors (Lipinski definition) is 1. The van der Waals surface area contributed by atoms with Gasteiger partial charge < -0.3 is 5.11 Å². The predicted octanol–water partition coefficient (Wildman–Crippen LogP) is 5.20. The molecule has 20 heavy (non-hydrogen) atoms. The van der Waals surface area contributed by atoms with Crippen LogP contribution in [0.25, 0.3) is 0 Å². The summed E-state index contributed by atoms with van der Waals surface area (Å²) >= 11 is 0. The van der Waals surface area contributed by atoms with Crippen LogP contribution in [-0.2, 0) is 11.8 Å². The number of rotatable bonds is 3. The van der Waals surface area contributed by atoms with E-state index in [1.165, 1.54) is 56.1 Å². The Labute approximate surface area is 123 Å². The summed E-state index contributed by atoms with van der Waals surface area (Å²) in [5.41, 5.74) is 3.30. The minimum atomic E-state index is 0.359. The lowest BCUT2D eigenvalue weighted by Crippen LogP contribution is -2.44. The minimum absolute atomic E-state index is 0.359. The van der Waals surface area contributed by atoms with Crippen LogP contribution in [0.1, 0.15) is 69.9 Å². The summed E-state index contributed by atoms with van der Waals surface area (Å²) in [6, 6.07) is 6.10. The molecule has 1 N–H and O–H groups in total. The van der Waals surface area contributed by atoms with Crippen molar-refractivity contribution in [2.24, 2.45) is 11.8 Å². The molecule has 1 heteroatoms. The molecule has 110 valence electrons. The van der Waals surface area contributed by atoms with E-state index in [1.807, 2.05) is 12.1 Å². The van der Waals surface area contributed by atoms with E-state index in [0.29, 0.717) is 11.2 Å². The Morgan fingerprint density at radius 1 is 1.30 bits per heavy atom. The van der Waals surface area contributed by atoms with Gasteiger partial charge in [0.05, 0.1) is 0 Å². The summed E-state index contributed by atoms with van der Waals surface area (Å²) in [4.78, 5) is 0. The minimum Gasteiger partial charge on any atom is -0.508 e. The average Bonchev–Trinajstić information content (AvgIpc) is 2.44. The molecule has 1 aromatic rings. The number of hydrogen-bond acceptors (Lipinski definition) is 1. The summed E-state index contributed by atoms with van der Waals surface area (Å²) in [7, 11) is 0. The molecule has 2 aliphatic rings. The molecule has 0 heterocycles. The summed E-state index contributed by atoms with van der Waals surface area (Å²) in [6.45, 7) is 4.80. The first-order valence-corrected chi connectivity index (χ1v) is 8.47. The van der Waals surface area contributed by atoms with Crippen molar-refractivity contribution < 1.29 is 5.11 Å². The number of benzene rings is 1. The number of unbranched alkanes of at least 4 members (excludes halogenated alkanes) is 1. The fourth-order valence-corrected chi connectivity index (χ4v) is 4.99. The van der Waals surface area contributed by atoms with Crippen LogP contribution in [0.3, 0.4) is 0 Å². The van der Waals surface area contributed by atoms with Gasteiger partial charge in [0, 0.05) is 0 Å². The standard InChI is InChI=1S/C19H28O/c1-3-4-6-14-7-5-12-19(2)17(14)10-8-15-13-16(20)9-11-18(15)19/h9,11,13-14,17,20H,3-8,10,12H2,1-2H3/t14?,17-,19?/m1/s1. The molecule has 3 atom stereocenters. The fourth-order valence-electron chi connectivity index (χ4n) is 4.99. The Kier molecular flexibility index (Phi) is 3.79. The van der Waals surface area contributed by atoms with Gasteiger partial charge in [0.15, 0.2) is 0 Å². The first-order chi connectivity index (χ1) is 9.65. The van der Waals surface area contributed by atoms with E-state index in [4.69, 9.17) is 0 Å². The summed E-state index contributed by atoms with van der Waals surface area (Å²) in [5.74, 6) is 2.22. The van der Waals surface area contributed by atoms with E-state index in [9.17, 15) is 5.11 Å². The first kappa shape index (κ1) is 14.0. The Hall–Kier alpha value is -0.980. The zero-order valence-electron chi connectivity index (χ0n) is 13.0. The highest BCUT2D eigenvalue weighted by molar-refractivity contribution is 5.42. The molecule has 0 amide bonds. The molecule has 0 aromatic heterocycles. The van der Waals surface area contributed by atoms with Crippen LogP contribution in [0.2, 0.25) is 0 Å². The first-order valence-electron chi connectivity index (χ1n) is 8.47. The van der Waals surface area contributed by atoms with Crippen LogP contribution in [0.15, 0.2) is 18.2 Å². The average molecular weight is 272 g/mol. The second-order valence-electron chi connectivity index (χ2n) is 7.20. The molecule has 0 aliphatic heterocycles. The van der Waals surface area contributed by atoms with Gasteiger partial charge in [-0.15, -0.1) is 0 Å². The lowest BCUT2D eigenvalue weighted by atomic mass is 9.54.